The molecule has 0 heterocycles. The van der Waals surface area contributed by atoms with Crippen molar-refractivity contribution in [1.29, 1.82) is 0 Å². The van der Waals surface area contributed by atoms with Gasteiger partial charge < -0.3 is 33.8 Å². The molecule has 0 aliphatic heterocycles. The molecule has 0 aliphatic carbocycles. The molecule has 0 aromatic heterocycles. The van der Waals surface area contributed by atoms with Gasteiger partial charge in [-0.1, -0.05) is 319 Å². The van der Waals surface area contributed by atoms with Crippen LogP contribution in [0.1, 0.15) is 370 Å². The fourth-order valence-electron chi connectivity index (χ4n) is 11.1. The van der Waals surface area contributed by atoms with E-state index in [0.29, 0.717) is 31.6 Å². The third-order valence-electron chi connectivity index (χ3n) is 17.8. The lowest BCUT2D eigenvalue weighted by Crippen LogP contribution is -2.30. The van der Waals surface area contributed by atoms with Crippen LogP contribution in [-0.4, -0.2) is 96.7 Å². The summed E-state index contributed by atoms with van der Waals surface area (Å²) in [6.07, 6.45) is 47.2. The van der Waals surface area contributed by atoms with Crippen LogP contribution in [-0.2, 0) is 65.4 Å². The third kappa shape index (κ3) is 65.8. The van der Waals surface area contributed by atoms with E-state index in [-0.39, 0.29) is 25.7 Å². The molecule has 3 N–H and O–H groups in total. The van der Waals surface area contributed by atoms with Crippen molar-refractivity contribution in [2.24, 2.45) is 23.7 Å². The van der Waals surface area contributed by atoms with Gasteiger partial charge in [0.15, 0.2) is 12.2 Å². The summed E-state index contributed by atoms with van der Waals surface area (Å²) in [5.74, 6) is 0.934. The maximum absolute atomic E-state index is 13.0. The minimum absolute atomic E-state index is 0.104. The molecule has 0 radical (unpaired) electrons. The van der Waals surface area contributed by atoms with E-state index < -0.39 is 97.5 Å². The standard InChI is InChI=1S/C74H144O17P2/c1-9-66(7)52-44-36-27-21-18-19-22-29-38-46-54-71(76)84-60-69(91-74(79)57-49-41-31-25-24-28-37-45-53-67(8)10-2)62-88-92(80,81)86-58-68(75)59-87-93(82,83)89-63-70(61-85-72(77)55-47-39-33-32-35-43-51-65(5)6)90-73(78)56-48-40-30-23-17-15-13-11-12-14-16-20-26-34-42-50-64(3)4/h64-70,75H,9-63H2,1-8H3,(H,80,81)(H,82,83)/t66?,67?,68?,69-,70-/m1/s1. The number of phosphoric acid groups is 2. The average molecular weight is 1370 g/mol. The molecule has 7 atom stereocenters. The van der Waals surface area contributed by atoms with Gasteiger partial charge in [-0.25, -0.2) is 9.13 Å². The van der Waals surface area contributed by atoms with E-state index in [1.807, 2.05) is 0 Å². The van der Waals surface area contributed by atoms with Gasteiger partial charge in [-0.3, -0.25) is 37.3 Å². The van der Waals surface area contributed by atoms with Crippen LogP contribution >= 0.6 is 15.6 Å². The molecule has 0 fully saturated rings. The topological polar surface area (TPSA) is 237 Å². The van der Waals surface area contributed by atoms with Gasteiger partial charge in [-0.2, -0.15) is 0 Å². The van der Waals surface area contributed by atoms with Crippen molar-refractivity contribution in [1.82, 2.24) is 0 Å². The number of hydrogen-bond donors (Lipinski definition) is 3. The first-order valence-electron chi connectivity index (χ1n) is 38.3. The molecule has 0 bridgehead atoms. The van der Waals surface area contributed by atoms with Crippen molar-refractivity contribution in [3.05, 3.63) is 0 Å². The van der Waals surface area contributed by atoms with E-state index >= 15 is 0 Å². The molecule has 19 heteroatoms. The van der Waals surface area contributed by atoms with Crippen LogP contribution in [0.25, 0.3) is 0 Å². The van der Waals surface area contributed by atoms with E-state index in [2.05, 4.69) is 55.4 Å². The first-order chi connectivity index (χ1) is 44.7. The zero-order chi connectivity index (χ0) is 68.9. The molecule has 5 unspecified atom stereocenters. The number of phosphoric ester groups is 2. The number of unbranched alkanes of at least 4 members (excludes halogenated alkanes) is 35. The van der Waals surface area contributed by atoms with Crippen LogP contribution in [0.5, 0.6) is 0 Å². The average Bonchev–Trinajstić information content (AvgIpc) is 1.89. The highest BCUT2D eigenvalue weighted by molar-refractivity contribution is 7.47. The highest BCUT2D eigenvalue weighted by Crippen LogP contribution is 2.45. The van der Waals surface area contributed by atoms with Crippen LogP contribution in [0.4, 0.5) is 0 Å². The maximum atomic E-state index is 13.0. The van der Waals surface area contributed by atoms with Crippen molar-refractivity contribution in [3.63, 3.8) is 0 Å². The van der Waals surface area contributed by atoms with Crippen LogP contribution in [0, 0.1) is 23.7 Å². The predicted octanol–water partition coefficient (Wildman–Crippen LogP) is 21.3. The van der Waals surface area contributed by atoms with E-state index in [4.69, 9.17) is 37.0 Å². The van der Waals surface area contributed by atoms with E-state index in [1.54, 1.807) is 0 Å². The number of carbonyl (C=O) groups excluding carboxylic acids is 4. The zero-order valence-corrected chi connectivity index (χ0v) is 62.7. The largest absolute Gasteiger partial charge is 0.472 e. The summed E-state index contributed by atoms with van der Waals surface area (Å²) >= 11 is 0. The molecule has 0 aliphatic rings. The van der Waals surface area contributed by atoms with Gasteiger partial charge in [0.1, 0.15) is 19.3 Å². The van der Waals surface area contributed by atoms with Gasteiger partial charge in [-0.15, -0.1) is 0 Å². The lowest BCUT2D eigenvalue weighted by Gasteiger charge is -2.21. The molecule has 0 amide bonds. The first-order valence-corrected chi connectivity index (χ1v) is 41.3. The molecule has 0 aromatic carbocycles. The van der Waals surface area contributed by atoms with Gasteiger partial charge in [0.25, 0.3) is 0 Å². The first kappa shape index (κ1) is 91.1. The third-order valence-corrected chi connectivity index (χ3v) is 19.7. The minimum Gasteiger partial charge on any atom is -0.462 e. The molecular formula is C74H144O17P2. The zero-order valence-electron chi connectivity index (χ0n) is 60.9. The monoisotopic (exact) mass is 1370 g/mol. The molecule has 552 valence electrons. The smallest absolute Gasteiger partial charge is 0.462 e. The lowest BCUT2D eigenvalue weighted by atomic mass is 9.99. The minimum atomic E-state index is -4.95. The summed E-state index contributed by atoms with van der Waals surface area (Å²) in [7, 11) is -9.91. The molecule has 0 aromatic rings. The van der Waals surface area contributed by atoms with E-state index in [0.717, 1.165) is 114 Å². The van der Waals surface area contributed by atoms with E-state index in [1.165, 1.54) is 167 Å². The Morgan fingerprint density at radius 3 is 0.763 bits per heavy atom. The fourth-order valence-corrected chi connectivity index (χ4v) is 12.7. The molecule has 0 spiro atoms. The van der Waals surface area contributed by atoms with Gasteiger partial charge in [0.2, 0.25) is 0 Å². The normalized spacial score (nSPS) is 14.8. The summed E-state index contributed by atoms with van der Waals surface area (Å²) in [4.78, 5) is 72.7. The van der Waals surface area contributed by atoms with Crippen LogP contribution < -0.4 is 0 Å². The molecule has 93 heavy (non-hydrogen) atoms. The summed E-state index contributed by atoms with van der Waals surface area (Å²) in [5.41, 5.74) is 0. The van der Waals surface area contributed by atoms with Gasteiger partial charge in [-0.05, 0) is 49.4 Å². The second kappa shape index (κ2) is 63.5. The number of aliphatic hydroxyl groups is 1. The molecule has 17 nitrogen and oxygen atoms in total. The predicted molar refractivity (Wildman–Crippen MR) is 377 cm³/mol. The number of aliphatic hydroxyl groups excluding tert-OH is 1. The Kier molecular flexibility index (Phi) is 62.2. The fraction of sp³-hybridized carbons (Fsp3) is 0.946. The van der Waals surface area contributed by atoms with Gasteiger partial charge in [0, 0.05) is 25.7 Å². The number of ether oxygens (including phenoxy) is 4. The summed E-state index contributed by atoms with van der Waals surface area (Å²) < 4.78 is 68.4. The Bertz CT molecular complexity index is 1840. The highest BCUT2D eigenvalue weighted by atomic mass is 31.2. The SMILES string of the molecule is CCC(C)CCCCCCCCCCCCC(=O)OC[C@H](COP(=O)(O)OCC(O)COP(=O)(O)OC[C@@H](COC(=O)CCCCCCCCC(C)C)OC(=O)CCCCCCCCCCCCCCCCCC(C)C)OC(=O)CCCCCCCCCCC(C)CC. The quantitative estimate of drug-likeness (QED) is 0.0222. The molecule has 0 rings (SSSR count). The Morgan fingerprint density at radius 1 is 0.301 bits per heavy atom. The number of esters is 4. The Labute approximate surface area is 568 Å². The van der Waals surface area contributed by atoms with Crippen molar-refractivity contribution < 1.29 is 80.2 Å². The molecular weight excluding hydrogens is 1220 g/mol. The summed E-state index contributed by atoms with van der Waals surface area (Å²) in [6, 6.07) is 0. The Hall–Kier alpha value is -1.94. The second-order valence-electron chi connectivity index (χ2n) is 28.1. The summed E-state index contributed by atoms with van der Waals surface area (Å²) in [6.45, 7) is 14.2. The maximum Gasteiger partial charge on any atom is 0.472 e. The summed E-state index contributed by atoms with van der Waals surface area (Å²) in [5, 5.41) is 10.6. The Morgan fingerprint density at radius 2 is 0.516 bits per heavy atom. The van der Waals surface area contributed by atoms with Crippen LogP contribution in [0.3, 0.4) is 0 Å². The van der Waals surface area contributed by atoms with Crippen LogP contribution in [0.15, 0.2) is 0 Å². The van der Waals surface area contributed by atoms with Gasteiger partial charge in [0.05, 0.1) is 26.4 Å². The van der Waals surface area contributed by atoms with Crippen molar-refractivity contribution in [3.8, 4) is 0 Å². The van der Waals surface area contributed by atoms with Gasteiger partial charge >= 0.3 is 39.5 Å². The van der Waals surface area contributed by atoms with Crippen LogP contribution in [0.2, 0.25) is 0 Å². The van der Waals surface area contributed by atoms with Crippen molar-refractivity contribution in [2.45, 2.75) is 388 Å². The van der Waals surface area contributed by atoms with E-state index in [9.17, 15) is 43.2 Å². The lowest BCUT2D eigenvalue weighted by molar-refractivity contribution is -0.161. The second-order valence-corrected chi connectivity index (χ2v) is 31.0. The number of rotatable bonds is 71. The van der Waals surface area contributed by atoms with Crippen molar-refractivity contribution >= 4 is 39.5 Å². The van der Waals surface area contributed by atoms with Crippen molar-refractivity contribution in [2.75, 3.05) is 39.6 Å². The highest BCUT2D eigenvalue weighted by Gasteiger charge is 2.30. The Balaban J connectivity index is 5.22. The number of carbonyl (C=O) groups is 4. The molecule has 0 saturated carbocycles. The number of hydrogen-bond acceptors (Lipinski definition) is 15. The molecule has 0 saturated heterocycles.